The Balaban J connectivity index is 2.00. The fourth-order valence-corrected chi connectivity index (χ4v) is 2.94. The molecule has 80 valence electrons. The third kappa shape index (κ3) is 4.23. The number of hydrogen-bond donors (Lipinski definition) is 4. The van der Waals surface area contributed by atoms with Crippen molar-refractivity contribution < 1.29 is 0 Å². The third-order valence-corrected chi connectivity index (χ3v) is 4.18. The number of nitrogens with two attached hydrogens (primary N) is 2. The van der Waals surface area contributed by atoms with Crippen LogP contribution in [0.4, 0.5) is 0 Å². The maximum atomic E-state index is 7.07. The molecule has 1 aliphatic rings. The summed E-state index contributed by atoms with van der Waals surface area (Å²) in [6, 6.07) is 0. The molecule has 0 amide bonds. The van der Waals surface area contributed by atoms with E-state index in [1.165, 1.54) is 36.4 Å². The Kier molecular flexibility index (Phi) is 4.60. The van der Waals surface area contributed by atoms with Crippen molar-refractivity contribution in [2.24, 2.45) is 23.3 Å². The van der Waals surface area contributed by atoms with Crippen molar-refractivity contribution >= 4 is 33.9 Å². The van der Waals surface area contributed by atoms with Gasteiger partial charge >= 0.3 is 0 Å². The van der Waals surface area contributed by atoms with Crippen LogP contribution in [-0.2, 0) is 0 Å². The van der Waals surface area contributed by atoms with Crippen molar-refractivity contribution in [2.75, 3.05) is 11.5 Å². The summed E-state index contributed by atoms with van der Waals surface area (Å²) < 4.78 is 0. The number of rotatable bonds is 4. The van der Waals surface area contributed by atoms with E-state index in [4.69, 9.17) is 22.3 Å². The summed E-state index contributed by atoms with van der Waals surface area (Å²) >= 11 is 2.86. The largest absolute Gasteiger partial charge is 0.379 e. The van der Waals surface area contributed by atoms with Gasteiger partial charge in [0.1, 0.15) is 0 Å². The molecule has 6 N–H and O–H groups in total. The van der Waals surface area contributed by atoms with Crippen LogP contribution >= 0.6 is 23.5 Å². The molecule has 0 atom stereocenters. The van der Waals surface area contributed by atoms with Crippen molar-refractivity contribution in [1.29, 1.82) is 10.8 Å². The summed E-state index contributed by atoms with van der Waals surface area (Å²) in [5.74, 6) is 3.36. The van der Waals surface area contributed by atoms with Crippen molar-refractivity contribution in [3.63, 3.8) is 0 Å². The van der Waals surface area contributed by atoms with Gasteiger partial charge in [-0.25, -0.2) is 0 Å². The van der Waals surface area contributed by atoms with Crippen molar-refractivity contribution in [1.82, 2.24) is 0 Å². The Morgan fingerprint density at radius 3 is 1.64 bits per heavy atom. The Labute approximate surface area is 92.6 Å². The van der Waals surface area contributed by atoms with E-state index in [-0.39, 0.29) is 10.3 Å². The normalized spacial score (nSPS) is 25.4. The second kappa shape index (κ2) is 5.50. The lowest BCUT2D eigenvalue weighted by Crippen LogP contribution is -2.28. The van der Waals surface area contributed by atoms with Gasteiger partial charge in [-0.15, -0.1) is 0 Å². The molecule has 6 heteroatoms. The van der Waals surface area contributed by atoms with Crippen LogP contribution in [0.25, 0.3) is 0 Å². The summed E-state index contributed by atoms with van der Waals surface area (Å²) in [5.41, 5.74) is 10.5. The van der Waals surface area contributed by atoms with Crippen molar-refractivity contribution in [3.8, 4) is 0 Å². The van der Waals surface area contributed by atoms with E-state index in [2.05, 4.69) is 0 Å². The zero-order chi connectivity index (χ0) is 10.6. The lowest BCUT2D eigenvalue weighted by atomic mass is 9.77. The van der Waals surface area contributed by atoms with E-state index >= 15 is 0 Å². The molecule has 4 nitrogen and oxygen atoms in total. The van der Waals surface area contributed by atoms with Gasteiger partial charge in [0.05, 0.1) is 0 Å². The molecule has 0 aromatic rings. The van der Waals surface area contributed by atoms with Crippen LogP contribution in [0.2, 0.25) is 0 Å². The third-order valence-electron chi connectivity index (χ3n) is 2.28. The number of amidine groups is 2. The van der Waals surface area contributed by atoms with Crippen LogP contribution in [0.3, 0.4) is 0 Å². The highest BCUT2D eigenvalue weighted by atomic mass is 32.2. The maximum Gasteiger partial charge on any atom is 0.151 e. The van der Waals surface area contributed by atoms with E-state index in [0.29, 0.717) is 11.8 Å². The molecule has 0 unspecified atom stereocenters. The number of thioether (sulfide) groups is 2. The van der Waals surface area contributed by atoms with E-state index in [0.717, 1.165) is 11.5 Å². The van der Waals surface area contributed by atoms with E-state index < -0.39 is 0 Å². The van der Waals surface area contributed by atoms with Crippen LogP contribution in [0.15, 0.2) is 0 Å². The average molecular weight is 232 g/mol. The Hall–Kier alpha value is -0.360. The number of nitrogens with one attached hydrogen (secondary N) is 2. The van der Waals surface area contributed by atoms with Crippen molar-refractivity contribution in [2.45, 2.75) is 12.8 Å². The molecule has 1 fully saturated rings. The van der Waals surface area contributed by atoms with Crippen molar-refractivity contribution in [3.05, 3.63) is 0 Å². The molecular formula is C8H16N4S2. The first kappa shape index (κ1) is 11.7. The molecular weight excluding hydrogens is 216 g/mol. The van der Waals surface area contributed by atoms with Crippen LogP contribution in [-0.4, -0.2) is 21.8 Å². The summed E-state index contributed by atoms with van der Waals surface area (Å²) in [5, 5.41) is 14.6. The number of hydrogen-bond acceptors (Lipinski definition) is 4. The van der Waals surface area contributed by atoms with Crippen LogP contribution in [0, 0.1) is 22.7 Å². The van der Waals surface area contributed by atoms with E-state index in [9.17, 15) is 0 Å². The molecule has 14 heavy (non-hydrogen) atoms. The molecule has 0 aromatic heterocycles. The predicted octanol–water partition coefficient (Wildman–Crippen LogP) is 1.27. The first-order chi connectivity index (χ1) is 6.58. The average Bonchev–Trinajstić information content (AvgIpc) is 1.99. The first-order valence-electron chi connectivity index (χ1n) is 4.51. The summed E-state index contributed by atoms with van der Waals surface area (Å²) in [4.78, 5) is 0. The lowest BCUT2D eigenvalue weighted by molar-refractivity contribution is 0.243. The molecule has 1 aliphatic carbocycles. The lowest BCUT2D eigenvalue weighted by Gasteiger charge is -2.34. The summed E-state index contributed by atoms with van der Waals surface area (Å²) in [7, 11) is 0. The van der Waals surface area contributed by atoms with Gasteiger partial charge in [0.25, 0.3) is 0 Å². The molecule has 0 heterocycles. The highest BCUT2D eigenvalue weighted by Gasteiger charge is 2.28. The molecule has 0 aliphatic heterocycles. The fraction of sp³-hybridized carbons (Fsp3) is 0.750. The van der Waals surface area contributed by atoms with Gasteiger partial charge in [-0.1, -0.05) is 23.5 Å². The Morgan fingerprint density at radius 1 is 1.00 bits per heavy atom. The molecule has 1 saturated carbocycles. The minimum atomic E-state index is 0.214. The zero-order valence-corrected chi connectivity index (χ0v) is 9.59. The van der Waals surface area contributed by atoms with E-state index in [1.54, 1.807) is 0 Å². The molecule has 0 radical (unpaired) electrons. The quantitative estimate of drug-likeness (QED) is 0.433. The van der Waals surface area contributed by atoms with Gasteiger partial charge in [0.2, 0.25) is 0 Å². The Morgan fingerprint density at radius 2 is 1.36 bits per heavy atom. The predicted molar refractivity (Wildman–Crippen MR) is 65.0 cm³/mol. The molecule has 0 spiro atoms. The second-order valence-electron chi connectivity index (χ2n) is 3.55. The second-order valence-corrected chi connectivity index (χ2v) is 5.68. The van der Waals surface area contributed by atoms with Crippen LogP contribution < -0.4 is 11.5 Å². The highest BCUT2D eigenvalue weighted by Crippen LogP contribution is 2.37. The summed E-state index contributed by atoms with van der Waals surface area (Å²) in [6.45, 7) is 0. The Bertz CT molecular complexity index is 203. The first-order valence-corrected chi connectivity index (χ1v) is 6.48. The minimum absolute atomic E-state index is 0.214. The molecule has 0 bridgehead atoms. The van der Waals surface area contributed by atoms with Gasteiger partial charge < -0.3 is 11.5 Å². The smallest absolute Gasteiger partial charge is 0.151 e. The van der Waals surface area contributed by atoms with Gasteiger partial charge in [-0.05, 0) is 24.7 Å². The SMILES string of the molecule is N=C(N)SCC1CC(CSC(=N)N)C1. The minimum Gasteiger partial charge on any atom is -0.379 e. The maximum absolute atomic E-state index is 7.07. The molecule has 1 rings (SSSR count). The van der Waals surface area contributed by atoms with Gasteiger partial charge in [0.15, 0.2) is 10.3 Å². The zero-order valence-electron chi connectivity index (χ0n) is 7.95. The van der Waals surface area contributed by atoms with Gasteiger partial charge in [0, 0.05) is 11.5 Å². The fourth-order valence-electron chi connectivity index (χ4n) is 1.56. The standard InChI is InChI=1S/C8H16N4S2/c9-7(10)13-3-5-1-6(2-5)4-14-8(11)12/h5-6H,1-4H2,(H3,9,10)(H3,11,12). The molecule has 0 aromatic carbocycles. The van der Waals surface area contributed by atoms with Gasteiger partial charge in [-0.3, -0.25) is 10.8 Å². The molecule has 0 saturated heterocycles. The van der Waals surface area contributed by atoms with Crippen LogP contribution in [0.1, 0.15) is 12.8 Å². The summed E-state index contributed by atoms with van der Waals surface area (Å²) in [6.07, 6.45) is 2.39. The highest BCUT2D eigenvalue weighted by molar-refractivity contribution is 8.13. The van der Waals surface area contributed by atoms with Crippen LogP contribution in [0.5, 0.6) is 0 Å². The monoisotopic (exact) mass is 232 g/mol. The van der Waals surface area contributed by atoms with Gasteiger partial charge in [-0.2, -0.15) is 0 Å². The topological polar surface area (TPSA) is 99.7 Å². The van der Waals surface area contributed by atoms with E-state index in [1.807, 2.05) is 0 Å².